The maximum absolute atomic E-state index is 6.14. The van der Waals surface area contributed by atoms with Gasteiger partial charge in [-0.3, -0.25) is 0 Å². The van der Waals surface area contributed by atoms with Crippen LogP contribution in [0.2, 0.25) is 21.1 Å². The molecule has 0 bridgehead atoms. The Morgan fingerprint density at radius 3 is 1.00 bits per heavy atom. The summed E-state index contributed by atoms with van der Waals surface area (Å²) < 4.78 is 12.3. The largest absolute Gasteiger partial charge is 0.498 e. The second kappa shape index (κ2) is 41.4. The van der Waals surface area contributed by atoms with E-state index in [1.165, 1.54) is 117 Å². The van der Waals surface area contributed by atoms with Crippen molar-refractivity contribution in [2.24, 2.45) is 23.7 Å². The second-order valence-corrected chi connectivity index (χ2v) is 20.2. The van der Waals surface area contributed by atoms with Crippen molar-refractivity contribution >= 4 is 29.0 Å². The zero-order valence-electron chi connectivity index (χ0n) is 33.7. The van der Waals surface area contributed by atoms with Crippen LogP contribution in [0.1, 0.15) is 172 Å². The molecule has 0 radical (unpaired) electrons. The van der Waals surface area contributed by atoms with Crippen LogP contribution < -0.4 is 0 Å². The molecule has 0 N–H and O–H groups in total. The van der Waals surface area contributed by atoms with Crippen molar-refractivity contribution in [2.45, 2.75) is 194 Å². The summed E-state index contributed by atoms with van der Waals surface area (Å²) in [6.07, 6.45) is 31.0. The minimum atomic E-state index is -0.971. The Hall–Kier alpha value is 0.205. The summed E-state index contributed by atoms with van der Waals surface area (Å²) in [5.41, 5.74) is 0. The van der Waals surface area contributed by atoms with Gasteiger partial charge in [0.15, 0.2) is 0 Å². The standard InChI is InChI=1S/2C9H17O.C8H16.4C4H9.2Al/c2*1-2-3-4-5-6-7-8-9-10;1-3-5-7-8-6-4-2;4*1-4(2)3;;/h2*7-8H,2-6,9H2,1H3;3H,1,4-8H2,2H3;4*4H,1H2,2-3H3;;/q2*-1;;;;;;2*+1/b2*8-7+;;;;;;;. The lowest BCUT2D eigenvalue weighted by molar-refractivity contribution is 0.353. The SMILES string of the molecule is C=CCCCCCC.CCCCCC/C=C/C[O][Al]([CH2]C(C)C)[CH2]C(C)C.CCCCCC/C=C/C[O][Al]([CH2]C(C)C)[CH2]C(C)C. The van der Waals surface area contributed by atoms with E-state index in [1.807, 2.05) is 6.08 Å². The molecular formula is C42H86Al2O2. The van der Waals surface area contributed by atoms with Crippen LogP contribution >= 0.6 is 0 Å². The Balaban J connectivity index is -0.000000653. The molecule has 0 aliphatic carbocycles. The third-order valence-electron chi connectivity index (χ3n) is 7.84. The van der Waals surface area contributed by atoms with Crippen LogP contribution in [0, 0.1) is 23.7 Å². The van der Waals surface area contributed by atoms with E-state index < -0.39 is 29.0 Å². The predicted octanol–water partition coefficient (Wildman–Crippen LogP) is 14.8. The monoisotopic (exact) mass is 677 g/mol. The Morgan fingerprint density at radius 2 is 0.739 bits per heavy atom. The van der Waals surface area contributed by atoms with Gasteiger partial charge in [-0.25, -0.2) is 0 Å². The molecule has 0 atom stereocenters. The van der Waals surface area contributed by atoms with E-state index in [9.17, 15) is 0 Å². The maximum atomic E-state index is 6.14. The van der Waals surface area contributed by atoms with Crippen molar-refractivity contribution in [2.75, 3.05) is 13.2 Å². The van der Waals surface area contributed by atoms with E-state index in [2.05, 4.69) is 107 Å². The molecule has 4 heteroatoms. The first-order chi connectivity index (χ1) is 22.0. The normalized spacial score (nSPS) is 11.5. The van der Waals surface area contributed by atoms with E-state index >= 15 is 0 Å². The van der Waals surface area contributed by atoms with Gasteiger partial charge in [-0.2, -0.15) is 0 Å². The summed E-state index contributed by atoms with van der Waals surface area (Å²) in [4.78, 5) is 0. The first-order valence-corrected chi connectivity index (χ1v) is 24.4. The fourth-order valence-corrected chi connectivity index (χ4v) is 11.3. The smallest absolute Gasteiger partial charge is 0.461 e. The maximum Gasteiger partial charge on any atom is 0.461 e. The van der Waals surface area contributed by atoms with E-state index in [0.29, 0.717) is 0 Å². The summed E-state index contributed by atoms with van der Waals surface area (Å²) >= 11 is -1.94. The van der Waals surface area contributed by atoms with Gasteiger partial charge in [0, 0.05) is 13.2 Å². The third-order valence-corrected chi connectivity index (χ3v) is 15.0. The number of allylic oxidation sites excluding steroid dienone is 3. The van der Waals surface area contributed by atoms with Gasteiger partial charge >= 0.3 is 29.0 Å². The van der Waals surface area contributed by atoms with Crippen LogP contribution in [-0.2, 0) is 7.58 Å². The molecule has 0 amide bonds. The third kappa shape index (κ3) is 48.6. The fourth-order valence-electron chi connectivity index (χ4n) is 5.42. The van der Waals surface area contributed by atoms with Crippen molar-refractivity contribution in [1.29, 1.82) is 0 Å². The minimum absolute atomic E-state index is 0.786. The van der Waals surface area contributed by atoms with Gasteiger partial charge < -0.3 is 7.58 Å². The van der Waals surface area contributed by atoms with Crippen LogP contribution in [0.15, 0.2) is 37.0 Å². The summed E-state index contributed by atoms with van der Waals surface area (Å²) in [7, 11) is 0. The molecule has 0 unspecified atom stereocenters. The molecule has 46 heavy (non-hydrogen) atoms. The molecule has 0 aliphatic heterocycles. The van der Waals surface area contributed by atoms with Crippen LogP contribution in [0.4, 0.5) is 0 Å². The quantitative estimate of drug-likeness (QED) is 0.0446. The highest BCUT2D eigenvalue weighted by Gasteiger charge is 2.23. The molecule has 0 rings (SSSR count). The zero-order chi connectivity index (χ0) is 35.3. The highest BCUT2D eigenvalue weighted by molar-refractivity contribution is 6.52. The van der Waals surface area contributed by atoms with Crippen molar-refractivity contribution in [1.82, 2.24) is 0 Å². The molecule has 0 aromatic rings. The van der Waals surface area contributed by atoms with E-state index in [4.69, 9.17) is 7.58 Å². The number of hydrogen-bond acceptors (Lipinski definition) is 2. The lowest BCUT2D eigenvalue weighted by Crippen LogP contribution is -2.22. The molecule has 2 nitrogen and oxygen atoms in total. The molecule has 0 saturated heterocycles. The Morgan fingerprint density at radius 1 is 0.435 bits per heavy atom. The summed E-state index contributed by atoms with van der Waals surface area (Å²) in [5, 5.41) is 5.29. The highest BCUT2D eigenvalue weighted by atomic mass is 27.2. The number of unbranched alkanes of at least 4 members (excludes halogenated alkanes) is 12. The molecule has 0 saturated carbocycles. The average Bonchev–Trinajstić information content (AvgIpc) is 2.97. The van der Waals surface area contributed by atoms with Crippen molar-refractivity contribution in [3.63, 3.8) is 0 Å². The van der Waals surface area contributed by atoms with Gasteiger partial charge in [0.2, 0.25) is 0 Å². The topological polar surface area (TPSA) is 18.5 Å². The molecule has 0 spiro atoms. The first-order valence-electron chi connectivity index (χ1n) is 20.2. The van der Waals surface area contributed by atoms with E-state index in [0.717, 1.165) is 36.9 Å². The van der Waals surface area contributed by atoms with Gasteiger partial charge in [0.25, 0.3) is 0 Å². The molecule has 0 fully saturated rings. The Kier molecular flexibility index (Phi) is 45.5. The number of rotatable bonds is 29. The summed E-state index contributed by atoms with van der Waals surface area (Å²) in [6, 6.07) is 0. The fraction of sp³-hybridized carbons (Fsp3) is 0.857. The lowest BCUT2D eigenvalue weighted by atomic mass is 10.1. The van der Waals surface area contributed by atoms with Gasteiger partial charge in [-0.05, 0) is 38.5 Å². The summed E-state index contributed by atoms with van der Waals surface area (Å²) in [6.45, 7) is 30.6. The molecular weight excluding hydrogens is 590 g/mol. The summed E-state index contributed by atoms with van der Waals surface area (Å²) in [5.74, 6) is 3.14. The molecule has 272 valence electrons. The Bertz CT molecular complexity index is 561. The highest BCUT2D eigenvalue weighted by Crippen LogP contribution is 2.16. The van der Waals surface area contributed by atoms with Crippen LogP contribution in [-0.4, -0.2) is 42.2 Å². The minimum Gasteiger partial charge on any atom is -0.498 e. The van der Waals surface area contributed by atoms with Crippen molar-refractivity contribution in [3.05, 3.63) is 37.0 Å². The van der Waals surface area contributed by atoms with Gasteiger partial charge in [-0.1, -0.05) is 209 Å². The first kappa shape index (κ1) is 50.6. The molecule has 0 heterocycles. The van der Waals surface area contributed by atoms with E-state index in [1.54, 1.807) is 0 Å². The van der Waals surface area contributed by atoms with E-state index in [-0.39, 0.29) is 0 Å². The van der Waals surface area contributed by atoms with Crippen LogP contribution in [0.3, 0.4) is 0 Å². The van der Waals surface area contributed by atoms with Gasteiger partial charge in [0.05, 0.1) is 0 Å². The van der Waals surface area contributed by atoms with Crippen LogP contribution in [0.25, 0.3) is 0 Å². The predicted molar refractivity (Wildman–Crippen MR) is 217 cm³/mol. The van der Waals surface area contributed by atoms with Crippen LogP contribution in [0.5, 0.6) is 0 Å². The molecule has 0 aliphatic rings. The molecule has 0 aromatic heterocycles. The van der Waals surface area contributed by atoms with Gasteiger partial charge in [-0.15, -0.1) is 6.58 Å². The van der Waals surface area contributed by atoms with Gasteiger partial charge in [0.1, 0.15) is 0 Å². The Labute approximate surface area is 302 Å². The molecule has 0 aromatic carbocycles. The average molecular weight is 677 g/mol. The lowest BCUT2D eigenvalue weighted by Gasteiger charge is -2.15. The number of hydrogen-bond donors (Lipinski definition) is 0. The zero-order valence-corrected chi connectivity index (χ0v) is 36.0. The van der Waals surface area contributed by atoms with Crippen molar-refractivity contribution in [3.8, 4) is 0 Å². The van der Waals surface area contributed by atoms with Crippen molar-refractivity contribution < 1.29 is 7.58 Å². The second-order valence-electron chi connectivity index (χ2n) is 15.2.